The van der Waals surface area contributed by atoms with Gasteiger partial charge in [-0.25, -0.2) is 0 Å². The van der Waals surface area contributed by atoms with Crippen LogP contribution in [0.4, 0.5) is 5.69 Å². The monoisotopic (exact) mass is 412 g/mol. The number of nitrogens with zero attached hydrogens (tertiary/aromatic N) is 2. The number of aliphatic imine (C=N–C) groups is 1. The van der Waals surface area contributed by atoms with Crippen LogP contribution in [0.25, 0.3) is 22.2 Å². The summed E-state index contributed by atoms with van der Waals surface area (Å²) in [6.45, 7) is 2.75. The second-order valence-corrected chi connectivity index (χ2v) is 7.69. The molecular formula is C25H28N6. The second-order valence-electron chi connectivity index (χ2n) is 7.69. The van der Waals surface area contributed by atoms with Gasteiger partial charge in [-0.2, -0.15) is 0 Å². The summed E-state index contributed by atoms with van der Waals surface area (Å²) in [5.74, 6) is 0. The fourth-order valence-corrected chi connectivity index (χ4v) is 4.07. The van der Waals surface area contributed by atoms with E-state index in [1.165, 1.54) is 5.56 Å². The van der Waals surface area contributed by atoms with Gasteiger partial charge in [-0.1, -0.05) is 18.2 Å². The molecule has 6 nitrogen and oxygen atoms in total. The van der Waals surface area contributed by atoms with Crippen molar-refractivity contribution in [3.8, 4) is 0 Å². The van der Waals surface area contributed by atoms with E-state index in [9.17, 15) is 0 Å². The van der Waals surface area contributed by atoms with Crippen molar-refractivity contribution < 1.29 is 0 Å². The van der Waals surface area contributed by atoms with E-state index in [4.69, 9.17) is 11.5 Å². The Hall–Kier alpha value is -3.80. The van der Waals surface area contributed by atoms with Gasteiger partial charge in [0, 0.05) is 60.1 Å². The van der Waals surface area contributed by atoms with Gasteiger partial charge < -0.3 is 22.1 Å². The number of hydrogen-bond donors (Lipinski definition) is 4. The van der Waals surface area contributed by atoms with Gasteiger partial charge in [0.15, 0.2) is 0 Å². The predicted octanol–water partition coefficient (Wildman–Crippen LogP) is 4.03. The molecule has 0 saturated carbocycles. The van der Waals surface area contributed by atoms with Gasteiger partial charge in [-0.3, -0.25) is 9.98 Å². The largest absolute Gasteiger partial charge is 0.404 e. The Morgan fingerprint density at radius 3 is 2.87 bits per heavy atom. The Balaban J connectivity index is 1.79. The van der Waals surface area contributed by atoms with Crippen LogP contribution in [0.5, 0.6) is 0 Å². The molecule has 6 N–H and O–H groups in total. The number of nitrogens with one attached hydrogen (secondary N) is 2. The first-order valence-electron chi connectivity index (χ1n) is 10.4. The average Bonchev–Trinajstić information content (AvgIpc) is 2.96. The fraction of sp³-hybridized carbons (Fsp3) is 0.200. The maximum Gasteiger partial charge on any atom is 0.0703 e. The van der Waals surface area contributed by atoms with Crippen LogP contribution in [0.2, 0.25) is 0 Å². The van der Waals surface area contributed by atoms with Gasteiger partial charge in [0.2, 0.25) is 0 Å². The van der Waals surface area contributed by atoms with E-state index in [1.807, 2.05) is 25.3 Å². The molecule has 0 amide bonds. The van der Waals surface area contributed by atoms with Crippen molar-refractivity contribution in [2.75, 3.05) is 18.9 Å². The third-order valence-corrected chi connectivity index (χ3v) is 5.55. The molecule has 0 aliphatic carbocycles. The number of hydrogen-bond acceptors (Lipinski definition) is 6. The Morgan fingerprint density at radius 2 is 2.10 bits per heavy atom. The molecule has 1 aliphatic heterocycles. The van der Waals surface area contributed by atoms with Crippen LogP contribution in [-0.4, -0.2) is 24.8 Å². The molecule has 31 heavy (non-hydrogen) atoms. The van der Waals surface area contributed by atoms with E-state index in [-0.39, 0.29) is 6.04 Å². The van der Waals surface area contributed by atoms with Crippen LogP contribution in [0.15, 0.2) is 71.6 Å². The summed E-state index contributed by atoms with van der Waals surface area (Å²) in [6.07, 6.45) is 6.09. The van der Waals surface area contributed by atoms with Crippen molar-refractivity contribution >= 4 is 34.1 Å². The highest BCUT2D eigenvalue weighted by Crippen LogP contribution is 2.34. The van der Waals surface area contributed by atoms with Gasteiger partial charge in [-0.15, -0.1) is 0 Å². The van der Waals surface area contributed by atoms with E-state index in [0.717, 1.165) is 57.6 Å². The quantitative estimate of drug-likeness (QED) is 0.485. The molecule has 4 rings (SSSR count). The number of rotatable bonds is 4. The van der Waals surface area contributed by atoms with E-state index < -0.39 is 0 Å². The Morgan fingerprint density at radius 1 is 1.23 bits per heavy atom. The zero-order valence-electron chi connectivity index (χ0n) is 17.9. The second kappa shape index (κ2) is 8.92. The van der Waals surface area contributed by atoms with Crippen LogP contribution >= 0.6 is 0 Å². The lowest BCUT2D eigenvalue weighted by Gasteiger charge is -2.22. The molecule has 0 saturated heterocycles. The SMILES string of the molecule is CN=CC(=CN)c1ccc2c(c1)C(Nc1ccc3ncccc3c1)CCN/C2=C(/C)N. The average molecular weight is 413 g/mol. The minimum Gasteiger partial charge on any atom is -0.404 e. The zero-order valence-corrected chi connectivity index (χ0v) is 17.9. The maximum atomic E-state index is 6.22. The van der Waals surface area contributed by atoms with E-state index in [2.05, 4.69) is 57.0 Å². The molecule has 1 aliphatic rings. The molecule has 1 atom stereocenters. The van der Waals surface area contributed by atoms with E-state index in [0.29, 0.717) is 0 Å². The van der Waals surface area contributed by atoms with Gasteiger partial charge in [0.1, 0.15) is 0 Å². The minimum absolute atomic E-state index is 0.103. The first kappa shape index (κ1) is 20.5. The molecule has 2 aromatic carbocycles. The zero-order chi connectivity index (χ0) is 21.8. The maximum absolute atomic E-state index is 6.22. The molecule has 6 heteroatoms. The fourth-order valence-electron chi connectivity index (χ4n) is 4.07. The predicted molar refractivity (Wildman–Crippen MR) is 131 cm³/mol. The molecule has 0 radical (unpaired) electrons. The molecule has 2 heterocycles. The highest BCUT2D eigenvalue weighted by atomic mass is 15.0. The van der Waals surface area contributed by atoms with Gasteiger partial charge in [0.25, 0.3) is 0 Å². The Kier molecular flexibility index (Phi) is 5.89. The third kappa shape index (κ3) is 4.23. The first-order valence-corrected chi connectivity index (χ1v) is 10.4. The third-order valence-electron chi connectivity index (χ3n) is 5.55. The molecule has 3 aromatic rings. The number of benzene rings is 2. The number of allylic oxidation sites excluding steroid dienone is 2. The van der Waals surface area contributed by atoms with E-state index >= 15 is 0 Å². The van der Waals surface area contributed by atoms with Crippen molar-refractivity contribution in [1.82, 2.24) is 10.3 Å². The molecule has 0 bridgehead atoms. The number of fused-ring (bicyclic) bond motifs is 2. The van der Waals surface area contributed by atoms with E-state index in [1.54, 1.807) is 19.5 Å². The Labute approximate surface area is 182 Å². The molecule has 0 fully saturated rings. The van der Waals surface area contributed by atoms with Gasteiger partial charge >= 0.3 is 0 Å². The highest BCUT2D eigenvalue weighted by Gasteiger charge is 2.23. The normalized spacial score (nSPS) is 18.4. The van der Waals surface area contributed by atoms with Crippen molar-refractivity contribution in [1.29, 1.82) is 0 Å². The van der Waals surface area contributed by atoms with Crippen molar-refractivity contribution in [3.05, 3.63) is 83.3 Å². The van der Waals surface area contributed by atoms with Crippen molar-refractivity contribution in [3.63, 3.8) is 0 Å². The summed E-state index contributed by atoms with van der Waals surface area (Å²) in [6, 6.07) is 16.8. The van der Waals surface area contributed by atoms with Crippen molar-refractivity contribution in [2.24, 2.45) is 16.5 Å². The van der Waals surface area contributed by atoms with Crippen LogP contribution in [0, 0.1) is 0 Å². The molecule has 1 unspecified atom stereocenters. The topological polar surface area (TPSA) is 101 Å². The first-order chi connectivity index (χ1) is 15.1. The number of pyridine rings is 1. The highest BCUT2D eigenvalue weighted by molar-refractivity contribution is 6.09. The summed E-state index contributed by atoms with van der Waals surface area (Å²) in [5.41, 5.74) is 20.1. The standard InChI is InChI=1S/C25H28N6/c1-16(27)25-21-7-5-17(19(14-26)15-28-2)13-22(21)24(9-11-30-25)31-20-6-8-23-18(12-20)4-3-10-29-23/h3-8,10,12-15,24,30-31H,9,11,26-27H2,1-2H3/b19-14?,25-16-,28-15?. The molecule has 1 aromatic heterocycles. The summed E-state index contributed by atoms with van der Waals surface area (Å²) in [5, 5.41) is 8.35. The lowest BCUT2D eigenvalue weighted by Crippen LogP contribution is -2.16. The number of anilines is 1. The smallest absolute Gasteiger partial charge is 0.0703 e. The molecular weight excluding hydrogens is 384 g/mol. The molecule has 158 valence electrons. The minimum atomic E-state index is 0.103. The molecule has 0 spiro atoms. The Bertz CT molecular complexity index is 1190. The number of aromatic nitrogens is 1. The lowest BCUT2D eigenvalue weighted by atomic mass is 9.92. The summed E-state index contributed by atoms with van der Waals surface area (Å²) >= 11 is 0. The number of nitrogens with two attached hydrogens (primary N) is 2. The van der Waals surface area contributed by atoms with Gasteiger partial charge in [-0.05, 0) is 54.8 Å². The lowest BCUT2D eigenvalue weighted by molar-refractivity contribution is 0.683. The van der Waals surface area contributed by atoms with Crippen molar-refractivity contribution in [2.45, 2.75) is 19.4 Å². The van der Waals surface area contributed by atoms with Crippen LogP contribution in [0.1, 0.15) is 36.1 Å². The summed E-state index contributed by atoms with van der Waals surface area (Å²) in [4.78, 5) is 8.56. The summed E-state index contributed by atoms with van der Waals surface area (Å²) < 4.78 is 0. The van der Waals surface area contributed by atoms with Crippen LogP contribution in [0.3, 0.4) is 0 Å². The van der Waals surface area contributed by atoms with Crippen LogP contribution < -0.4 is 22.1 Å². The summed E-state index contributed by atoms with van der Waals surface area (Å²) in [7, 11) is 1.74. The van der Waals surface area contributed by atoms with Gasteiger partial charge in [0.05, 0.1) is 17.3 Å². The van der Waals surface area contributed by atoms with Crippen LogP contribution in [-0.2, 0) is 0 Å².